The zero-order valence-corrected chi connectivity index (χ0v) is 32.9. The number of nitrogens with zero attached hydrogens (tertiary/aromatic N) is 1. The van der Waals surface area contributed by atoms with Crippen molar-refractivity contribution in [1.82, 2.24) is 0 Å². The number of benzene rings is 10. The van der Waals surface area contributed by atoms with E-state index in [1.165, 1.54) is 44.3 Å². The van der Waals surface area contributed by atoms with Crippen molar-refractivity contribution < 1.29 is 4.74 Å². The number of hydrogen-bond acceptors (Lipinski definition) is 2. The highest BCUT2D eigenvalue weighted by Crippen LogP contribution is 2.51. The zero-order valence-electron chi connectivity index (χ0n) is 32.9. The molecule has 0 saturated carbocycles. The lowest BCUT2D eigenvalue weighted by molar-refractivity contribution is 0.488. The van der Waals surface area contributed by atoms with E-state index in [9.17, 15) is 0 Å². The minimum Gasteiger partial charge on any atom is -0.456 e. The van der Waals surface area contributed by atoms with Gasteiger partial charge in [-0.25, -0.2) is 0 Å². The van der Waals surface area contributed by atoms with Crippen LogP contribution in [0.25, 0.3) is 77.5 Å². The molecule has 1 aliphatic rings. The molecule has 0 aromatic heterocycles. The van der Waals surface area contributed by atoms with E-state index in [2.05, 4.69) is 241 Å². The first-order valence-corrected chi connectivity index (χ1v) is 20.5. The van der Waals surface area contributed by atoms with Gasteiger partial charge in [-0.3, -0.25) is 0 Å². The van der Waals surface area contributed by atoms with Gasteiger partial charge in [-0.15, -0.1) is 0 Å². The summed E-state index contributed by atoms with van der Waals surface area (Å²) in [7, 11) is 0. The fraction of sp³-hybridized carbons (Fsp3) is 0. The molecule has 0 N–H and O–H groups in total. The first-order valence-electron chi connectivity index (χ1n) is 20.5. The number of fused-ring (bicyclic) bond motifs is 6. The van der Waals surface area contributed by atoms with Gasteiger partial charge in [-0.05, 0) is 127 Å². The topological polar surface area (TPSA) is 12.5 Å². The molecule has 0 radical (unpaired) electrons. The summed E-state index contributed by atoms with van der Waals surface area (Å²) in [6.45, 7) is 0. The Morgan fingerprint density at radius 2 is 0.633 bits per heavy atom. The van der Waals surface area contributed by atoms with Crippen LogP contribution in [-0.4, -0.2) is 0 Å². The third-order valence-electron chi connectivity index (χ3n) is 11.7. The Morgan fingerprint density at radius 1 is 0.233 bits per heavy atom. The van der Waals surface area contributed by atoms with Crippen LogP contribution < -0.4 is 9.64 Å². The molecule has 0 saturated heterocycles. The predicted octanol–water partition coefficient (Wildman–Crippen LogP) is 16.4. The second-order valence-corrected chi connectivity index (χ2v) is 15.3. The molecule has 0 spiro atoms. The van der Waals surface area contributed by atoms with Gasteiger partial charge >= 0.3 is 0 Å². The van der Waals surface area contributed by atoms with Crippen molar-refractivity contribution in [2.24, 2.45) is 0 Å². The molecule has 0 fully saturated rings. The van der Waals surface area contributed by atoms with Crippen LogP contribution in [0.1, 0.15) is 0 Å². The summed E-state index contributed by atoms with van der Waals surface area (Å²) < 4.78 is 6.93. The van der Waals surface area contributed by atoms with Crippen molar-refractivity contribution >= 4 is 27.8 Å². The van der Waals surface area contributed by atoms with Crippen LogP contribution in [-0.2, 0) is 0 Å². The van der Waals surface area contributed by atoms with E-state index in [0.717, 1.165) is 61.8 Å². The highest BCUT2D eigenvalue weighted by Gasteiger charge is 2.24. The zero-order chi connectivity index (χ0) is 39.8. The molecule has 0 aliphatic carbocycles. The molecule has 60 heavy (non-hydrogen) atoms. The van der Waals surface area contributed by atoms with Gasteiger partial charge in [0.1, 0.15) is 11.5 Å². The summed E-state index contributed by atoms with van der Waals surface area (Å²) in [5, 5.41) is 2.34. The Kier molecular flexibility index (Phi) is 8.87. The van der Waals surface area contributed by atoms with Crippen LogP contribution in [0.5, 0.6) is 11.5 Å². The maximum Gasteiger partial charge on any atom is 0.135 e. The Labute approximate surface area is 350 Å². The van der Waals surface area contributed by atoms with Gasteiger partial charge in [0.15, 0.2) is 0 Å². The largest absolute Gasteiger partial charge is 0.456 e. The van der Waals surface area contributed by atoms with Gasteiger partial charge < -0.3 is 9.64 Å². The Bertz CT molecular complexity index is 3120. The van der Waals surface area contributed by atoms with Gasteiger partial charge in [0, 0.05) is 28.2 Å². The Morgan fingerprint density at radius 3 is 1.17 bits per heavy atom. The van der Waals surface area contributed by atoms with Crippen molar-refractivity contribution in [2.75, 3.05) is 4.90 Å². The molecule has 11 rings (SSSR count). The lowest BCUT2D eigenvalue weighted by Gasteiger charge is -2.27. The average molecular weight is 766 g/mol. The van der Waals surface area contributed by atoms with E-state index >= 15 is 0 Å². The number of anilines is 3. The van der Waals surface area contributed by atoms with E-state index in [0.29, 0.717) is 0 Å². The summed E-state index contributed by atoms with van der Waals surface area (Å²) in [6, 6.07) is 84.8. The highest BCUT2D eigenvalue weighted by atomic mass is 16.5. The maximum absolute atomic E-state index is 6.93. The molecule has 0 unspecified atom stereocenters. The SMILES string of the molecule is c1ccc(-c2ccc(-c3ccc(N(c4ccc(-c5ccccc5)cc4)c4ccc5c(c4)-c4cc(-c6ccccc6)ccc4-c4cc6ccccc6cc4O5)cc3)cc2)cc1. The third kappa shape index (κ3) is 6.61. The van der Waals surface area contributed by atoms with Gasteiger partial charge in [-0.2, -0.15) is 0 Å². The van der Waals surface area contributed by atoms with Crippen LogP contribution in [0.15, 0.2) is 237 Å². The van der Waals surface area contributed by atoms with Crippen molar-refractivity contribution in [3.63, 3.8) is 0 Å². The quantitative estimate of drug-likeness (QED) is 0.160. The van der Waals surface area contributed by atoms with E-state index in [4.69, 9.17) is 4.74 Å². The molecule has 1 aliphatic heterocycles. The normalized spacial score (nSPS) is 11.5. The molecule has 2 nitrogen and oxygen atoms in total. The molecule has 1 heterocycles. The van der Waals surface area contributed by atoms with Gasteiger partial charge in [0.2, 0.25) is 0 Å². The minimum atomic E-state index is 0.827. The second kappa shape index (κ2) is 15.1. The molecule has 0 atom stereocenters. The summed E-state index contributed by atoms with van der Waals surface area (Å²) in [6.07, 6.45) is 0. The molecule has 282 valence electrons. The van der Waals surface area contributed by atoms with E-state index in [1.54, 1.807) is 0 Å². The summed E-state index contributed by atoms with van der Waals surface area (Å²) in [5.41, 5.74) is 17.1. The molecule has 10 aromatic rings. The summed E-state index contributed by atoms with van der Waals surface area (Å²) in [5.74, 6) is 1.68. The van der Waals surface area contributed by atoms with Gasteiger partial charge in [0.05, 0.1) is 0 Å². The van der Waals surface area contributed by atoms with Crippen LogP contribution in [0.2, 0.25) is 0 Å². The van der Waals surface area contributed by atoms with Gasteiger partial charge in [0.25, 0.3) is 0 Å². The molecule has 0 amide bonds. The highest BCUT2D eigenvalue weighted by molar-refractivity contribution is 5.99. The number of hydrogen-bond donors (Lipinski definition) is 0. The predicted molar refractivity (Wildman–Crippen MR) is 251 cm³/mol. The average Bonchev–Trinajstić information content (AvgIpc) is 3.46. The smallest absolute Gasteiger partial charge is 0.135 e. The molecular formula is C58H39NO. The summed E-state index contributed by atoms with van der Waals surface area (Å²) in [4.78, 5) is 2.35. The lowest BCUT2D eigenvalue weighted by atomic mass is 9.90. The van der Waals surface area contributed by atoms with Crippen LogP contribution in [0.4, 0.5) is 17.1 Å². The van der Waals surface area contributed by atoms with Crippen LogP contribution in [0.3, 0.4) is 0 Å². The number of rotatable bonds is 7. The molecule has 2 heteroatoms. The van der Waals surface area contributed by atoms with Crippen LogP contribution in [0, 0.1) is 0 Å². The van der Waals surface area contributed by atoms with Crippen molar-refractivity contribution in [3.05, 3.63) is 237 Å². The van der Waals surface area contributed by atoms with Gasteiger partial charge in [-0.1, -0.05) is 176 Å². The van der Waals surface area contributed by atoms with E-state index in [1.807, 2.05) is 0 Å². The minimum absolute atomic E-state index is 0.827. The van der Waals surface area contributed by atoms with E-state index in [-0.39, 0.29) is 0 Å². The monoisotopic (exact) mass is 765 g/mol. The summed E-state index contributed by atoms with van der Waals surface area (Å²) >= 11 is 0. The Balaban J connectivity index is 1.05. The maximum atomic E-state index is 6.93. The van der Waals surface area contributed by atoms with Crippen molar-refractivity contribution in [2.45, 2.75) is 0 Å². The molecular weight excluding hydrogens is 727 g/mol. The first-order chi connectivity index (χ1) is 29.7. The lowest BCUT2D eigenvalue weighted by Crippen LogP contribution is -2.10. The Hall–Kier alpha value is -7.94. The number of ether oxygens (including phenoxy) is 1. The van der Waals surface area contributed by atoms with Crippen molar-refractivity contribution in [1.29, 1.82) is 0 Å². The molecule has 0 bridgehead atoms. The molecule has 10 aromatic carbocycles. The standard InChI is InChI=1S/C58H39NO/c1-4-12-40(13-5-1)43-20-22-44(23-21-43)46-26-31-51(32-27-46)59(50-29-24-45(25-30-50)41-14-6-2-7-15-41)52-33-35-57-56(39-52)54-36-49(42-16-8-3-9-17-42)28-34-53(54)55-37-47-18-10-11-19-48(47)38-58(55)60-57/h1-39H. The fourth-order valence-electron chi connectivity index (χ4n) is 8.57. The van der Waals surface area contributed by atoms with Crippen molar-refractivity contribution in [3.8, 4) is 78.3 Å². The fourth-order valence-corrected chi connectivity index (χ4v) is 8.57. The third-order valence-corrected chi connectivity index (χ3v) is 11.7. The first kappa shape index (κ1) is 35.2. The van der Waals surface area contributed by atoms with Crippen LogP contribution >= 0.6 is 0 Å². The van der Waals surface area contributed by atoms with E-state index < -0.39 is 0 Å². The second-order valence-electron chi connectivity index (χ2n) is 15.3.